The molecule has 8 heteroatoms. The van der Waals surface area contributed by atoms with E-state index in [-0.39, 0.29) is 29.6 Å². The first-order valence-corrected chi connectivity index (χ1v) is 7.07. The average Bonchev–Trinajstić information content (AvgIpc) is 2.45. The van der Waals surface area contributed by atoms with Gasteiger partial charge in [0.05, 0.1) is 17.2 Å². The Bertz CT molecular complexity index is 563. The highest BCUT2D eigenvalue weighted by Crippen LogP contribution is 2.21. The maximum absolute atomic E-state index is 11.7. The van der Waals surface area contributed by atoms with Crippen LogP contribution < -0.4 is 16.0 Å². The summed E-state index contributed by atoms with van der Waals surface area (Å²) in [5.41, 5.74) is 0.587. The Labute approximate surface area is 133 Å². The second kappa shape index (κ2) is 8.89. The van der Waals surface area contributed by atoms with Gasteiger partial charge in [-0.05, 0) is 25.1 Å². The molecule has 0 atom stereocenters. The molecule has 0 saturated carbocycles. The molecule has 22 heavy (non-hydrogen) atoms. The van der Waals surface area contributed by atoms with Crippen LogP contribution >= 0.6 is 11.6 Å². The van der Waals surface area contributed by atoms with Crippen molar-refractivity contribution in [2.24, 2.45) is 0 Å². The number of esters is 1. The van der Waals surface area contributed by atoms with Gasteiger partial charge in [0.1, 0.15) is 0 Å². The number of anilines is 1. The Morgan fingerprint density at radius 1 is 1.18 bits per heavy atom. The molecule has 1 aromatic carbocycles. The van der Waals surface area contributed by atoms with Crippen molar-refractivity contribution in [3.8, 4) is 0 Å². The Kier molecular flexibility index (Phi) is 7.18. The summed E-state index contributed by atoms with van der Waals surface area (Å²) in [5, 5.41) is 7.92. The lowest BCUT2D eigenvalue weighted by Crippen LogP contribution is -2.36. The van der Waals surface area contributed by atoms with Gasteiger partial charge in [-0.3, -0.25) is 4.79 Å². The van der Waals surface area contributed by atoms with Crippen molar-refractivity contribution in [1.82, 2.24) is 10.6 Å². The van der Waals surface area contributed by atoms with Crippen LogP contribution in [0.1, 0.15) is 24.2 Å². The molecule has 7 nitrogen and oxygen atoms in total. The largest absolute Gasteiger partial charge is 0.462 e. The van der Waals surface area contributed by atoms with Gasteiger partial charge in [-0.2, -0.15) is 0 Å². The Hall–Kier alpha value is -2.28. The molecule has 1 rings (SSSR count). The van der Waals surface area contributed by atoms with E-state index in [1.807, 2.05) is 0 Å². The van der Waals surface area contributed by atoms with Gasteiger partial charge in [0.25, 0.3) is 0 Å². The molecule has 0 radical (unpaired) electrons. The number of carbonyl (C=O) groups excluding carboxylic acids is 3. The number of hydrogen-bond acceptors (Lipinski definition) is 4. The standard InChI is InChI=1S/C14H18ClN3O4/c1-3-22-13(20)11-8-10(4-5-12(11)15)18-14(21)17-7-6-16-9(2)19/h4-5,8H,3,6-7H2,1-2H3,(H,16,19)(H2,17,18,21). The molecular weight excluding hydrogens is 310 g/mol. The van der Waals surface area contributed by atoms with Crippen LogP contribution in [0.15, 0.2) is 18.2 Å². The highest BCUT2D eigenvalue weighted by Gasteiger charge is 2.13. The third kappa shape index (κ3) is 6.01. The summed E-state index contributed by atoms with van der Waals surface area (Å²) < 4.78 is 4.88. The van der Waals surface area contributed by atoms with Crippen LogP contribution in [0.4, 0.5) is 10.5 Å². The maximum Gasteiger partial charge on any atom is 0.339 e. The third-order valence-corrected chi connectivity index (χ3v) is 2.83. The molecule has 3 amide bonds. The van der Waals surface area contributed by atoms with E-state index in [0.717, 1.165) is 0 Å². The van der Waals surface area contributed by atoms with Gasteiger partial charge < -0.3 is 20.7 Å². The zero-order valence-corrected chi connectivity index (χ0v) is 13.1. The Morgan fingerprint density at radius 3 is 2.50 bits per heavy atom. The molecule has 3 N–H and O–H groups in total. The maximum atomic E-state index is 11.7. The minimum absolute atomic E-state index is 0.168. The lowest BCUT2D eigenvalue weighted by Gasteiger charge is -2.10. The van der Waals surface area contributed by atoms with Crippen molar-refractivity contribution in [1.29, 1.82) is 0 Å². The first-order chi connectivity index (χ1) is 10.4. The molecule has 0 saturated heterocycles. The Balaban J connectivity index is 2.58. The summed E-state index contributed by atoms with van der Waals surface area (Å²) in [4.78, 5) is 34.0. The summed E-state index contributed by atoms with van der Waals surface area (Å²) in [6.07, 6.45) is 0. The molecule has 0 aliphatic rings. The van der Waals surface area contributed by atoms with E-state index < -0.39 is 12.0 Å². The molecular formula is C14H18ClN3O4. The molecule has 0 unspecified atom stereocenters. The van der Waals surface area contributed by atoms with Crippen LogP contribution in [0.25, 0.3) is 0 Å². The van der Waals surface area contributed by atoms with Crippen LogP contribution in [0.5, 0.6) is 0 Å². The van der Waals surface area contributed by atoms with Crippen molar-refractivity contribution in [2.75, 3.05) is 25.0 Å². The molecule has 0 bridgehead atoms. The lowest BCUT2D eigenvalue weighted by molar-refractivity contribution is -0.118. The minimum atomic E-state index is -0.554. The predicted molar refractivity (Wildman–Crippen MR) is 83.1 cm³/mol. The summed E-state index contributed by atoms with van der Waals surface area (Å²) in [5.74, 6) is -0.721. The van der Waals surface area contributed by atoms with Crippen molar-refractivity contribution in [3.05, 3.63) is 28.8 Å². The Morgan fingerprint density at radius 2 is 1.86 bits per heavy atom. The van der Waals surface area contributed by atoms with E-state index >= 15 is 0 Å². The summed E-state index contributed by atoms with van der Waals surface area (Å²) in [6.45, 7) is 3.93. The first-order valence-electron chi connectivity index (χ1n) is 6.70. The minimum Gasteiger partial charge on any atom is -0.462 e. The van der Waals surface area contributed by atoms with Gasteiger partial charge in [-0.15, -0.1) is 0 Å². The highest BCUT2D eigenvalue weighted by atomic mass is 35.5. The molecule has 0 aliphatic carbocycles. The number of urea groups is 1. The van der Waals surface area contributed by atoms with Crippen LogP contribution in [0.2, 0.25) is 5.02 Å². The van der Waals surface area contributed by atoms with E-state index in [1.165, 1.54) is 19.1 Å². The van der Waals surface area contributed by atoms with Gasteiger partial charge in [0.15, 0.2) is 0 Å². The molecule has 0 aromatic heterocycles. The van der Waals surface area contributed by atoms with Crippen molar-refractivity contribution in [2.45, 2.75) is 13.8 Å². The van der Waals surface area contributed by atoms with Gasteiger partial charge in [0.2, 0.25) is 5.91 Å². The number of rotatable bonds is 6. The third-order valence-electron chi connectivity index (χ3n) is 2.50. The zero-order chi connectivity index (χ0) is 16.5. The van der Waals surface area contributed by atoms with Gasteiger partial charge in [-0.25, -0.2) is 9.59 Å². The summed E-state index contributed by atoms with van der Waals surface area (Å²) in [7, 11) is 0. The number of halogens is 1. The van der Waals surface area contributed by atoms with Gasteiger partial charge in [0, 0.05) is 25.7 Å². The molecule has 0 aliphatic heterocycles. The van der Waals surface area contributed by atoms with E-state index in [1.54, 1.807) is 13.0 Å². The highest BCUT2D eigenvalue weighted by molar-refractivity contribution is 6.33. The van der Waals surface area contributed by atoms with Crippen LogP contribution in [0, 0.1) is 0 Å². The fraction of sp³-hybridized carbons (Fsp3) is 0.357. The first kappa shape index (κ1) is 17.8. The zero-order valence-electron chi connectivity index (χ0n) is 12.4. The van der Waals surface area contributed by atoms with Gasteiger partial charge >= 0.3 is 12.0 Å². The number of ether oxygens (including phenoxy) is 1. The normalized spacial score (nSPS) is 9.77. The number of nitrogens with one attached hydrogen (secondary N) is 3. The number of amides is 3. The topological polar surface area (TPSA) is 96.5 Å². The lowest BCUT2D eigenvalue weighted by atomic mass is 10.2. The number of benzene rings is 1. The van der Waals surface area contributed by atoms with Crippen LogP contribution in [-0.4, -0.2) is 37.6 Å². The predicted octanol–water partition coefficient (Wildman–Crippen LogP) is 1.77. The van der Waals surface area contributed by atoms with E-state index in [2.05, 4.69) is 16.0 Å². The van der Waals surface area contributed by atoms with Crippen LogP contribution in [-0.2, 0) is 9.53 Å². The van der Waals surface area contributed by atoms with E-state index in [9.17, 15) is 14.4 Å². The number of carbonyl (C=O) groups is 3. The monoisotopic (exact) mass is 327 g/mol. The molecule has 0 spiro atoms. The second-order valence-electron chi connectivity index (χ2n) is 4.28. The number of hydrogen-bond donors (Lipinski definition) is 3. The van der Waals surface area contributed by atoms with E-state index in [4.69, 9.17) is 16.3 Å². The molecule has 0 heterocycles. The fourth-order valence-electron chi connectivity index (χ4n) is 1.56. The van der Waals surface area contributed by atoms with Crippen molar-refractivity contribution < 1.29 is 19.1 Å². The fourth-order valence-corrected chi connectivity index (χ4v) is 1.75. The molecule has 0 fully saturated rings. The smallest absolute Gasteiger partial charge is 0.339 e. The SMILES string of the molecule is CCOC(=O)c1cc(NC(=O)NCCNC(C)=O)ccc1Cl. The quantitative estimate of drug-likeness (QED) is 0.548. The molecule has 120 valence electrons. The van der Waals surface area contributed by atoms with E-state index in [0.29, 0.717) is 12.2 Å². The van der Waals surface area contributed by atoms with Crippen LogP contribution in [0.3, 0.4) is 0 Å². The average molecular weight is 328 g/mol. The van der Waals surface area contributed by atoms with Crippen molar-refractivity contribution >= 4 is 35.2 Å². The summed E-state index contributed by atoms with van der Waals surface area (Å²) in [6, 6.07) is 4.05. The second-order valence-corrected chi connectivity index (χ2v) is 4.69. The van der Waals surface area contributed by atoms with Gasteiger partial charge in [-0.1, -0.05) is 11.6 Å². The van der Waals surface area contributed by atoms with Crippen molar-refractivity contribution in [3.63, 3.8) is 0 Å². The summed E-state index contributed by atoms with van der Waals surface area (Å²) >= 11 is 5.93. The molecule has 1 aromatic rings.